The highest BCUT2D eigenvalue weighted by Gasteiger charge is 2.29. The Morgan fingerprint density at radius 3 is 2.71 bits per heavy atom. The largest absolute Gasteiger partial charge is 0.289 e. The Kier molecular flexibility index (Phi) is 2.68. The summed E-state index contributed by atoms with van der Waals surface area (Å²) in [7, 11) is 2.20. The van der Waals surface area contributed by atoms with Gasteiger partial charge in [0, 0.05) is 5.56 Å². The van der Waals surface area contributed by atoms with Gasteiger partial charge in [-0.25, -0.2) is 9.13 Å². The first-order valence-electron chi connectivity index (χ1n) is 7.74. The van der Waals surface area contributed by atoms with Crippen LogP contribution >= 0.6 is 0 Å². The third-order valence-electron chi connectivity index (χ3n) is 4.73. The second kappa shape index (κ2) is 4.45. The van der Waals surface area contributed by atoms with E-state index in [4.69, 9.17) is 0 Å². The van der Waals surface area contributed by atoms with Crippen molar-refractivity contribution in [3.8, 4) is 11.4 Å². The van der Waals surface area contributed by atoms with Gasteiger partial charge in [0.15, 0.2) is 11.0 Å². The van der Waals surface area contributed by atoms with Gasteiger partial charge in [-0.05, 0) is 49.9 Å². The first-order chi connectivity index (χ1) is 10.2. The molecule has 0 unspecified atom stereocenters. The SMILES string of the molecule is Cc1cc2c3c(c1)n(C)c(-c1ccccc1C)[n+]3CCC2. The zero-order valence-corrected chi connectivity index (χ0v) is 13.0. The van der Waals surface area contributed by atoms with E-state index in [1.165, 1.54) is 52.0 Å². The molecule has 1 aliphatic rings. The van der Waals surface area contributed by atoms with Crippen molar-refractivity contribution >= 4 is 11.0 Å². The molecule has 2 aromatic carbocycles. The zero-order chi connectivity index (χ0) is 14.6. The van der Waals surface area contributed by atoms with Crippen molar-refractivity contribution in [2.45, 2.75) is 33.2 Å². The van der Waals surface area contributed by atoms with Gasteiger partial charge in [0.1, 0.15) is 0 Å². The van der Waals surface area contributed by atoms with Gasteiger partial charge in [-0.2, -0.15) is 0 Å². The summed E-state index contributed by atoms with van der Waals surface area (Å²) in [5.74, 6) is 1.34. The highest BCUT2D eigenvalue weighted by atomic mass is 15.2. The Balaban J connectivity index is 2.14. The fourth-order valence-corrected chi connectivity index (χ4v) is 3.79. The number of aromatic nitrogens is 2. The minimum Gasteiger partial charge on any atom is -0.226 e. The Hall–Kier alpha value is -2.09. The predicted molar refractivity (Wildman–Crippen MR) is 86.3 cm³/mol. The van der Waals surface area contributed by atoms with Crippen LogP contribution in [0.1, 0.15) is 23.1 Å². The number of rotatable bonds is 1. The second-order valence-corrected chi connectivity index (χ2v) is 6.24. The molecule has 21 heavy (non-hydrogen) atoms. The van der Waals surface area contributed by atoms with Crippen LogP contribution in [0.25, 0.3) is 22.4 Å². The Morgan fingerprint density at radius 1 is 1.10 bits per heavy atom. The van der Waals surface area contributed by atoms with Gasteiger partial charge >= 0.3 is 0 Å². The van der Waals surface area contributed by atoms with Crippen LogP contribution in [-0.4, -0.2) is 4.57 Å². The molecule has 3 aromatic rings. The van der Waals surface area contributed by atoms with E-state index in [-0.39, 0.29) is 0 Å². The van der Waals surface area contributed by atoms with Crippen LogP contribution in [0.3, 0.4) is 0 Å². The fraction of sp³-hybridized carbons (Fsp3) is 0.316. The molecule has 2 nitrogen and oxygen atoms in total. The number of hydrogen-bond acceptors (Lipinski definition) is 0. The molecular formula is C19H21N2+. The van der Waals surface area contributed by atoms with Gasteiger partial charge in [-0.3, -0.25) is 0 Å². The quantitative estimate of drug-likeness (QED) is 0.600. The maximum atomic E-state index is 2.52. The van der Waals surface area contributed by atoms with Gasteiger partial charge in [0.05, 0.1) is 19.2 Å². The summed E-state index contributed by atoms with van der Waals surface area (Å²) in [5, 5.41) is 0. The Bertz CT molecular complexity index is 856. The first kappa shape index (κ1) is 12.6. The molecule has 0 fully saturated rings. The van der Waals surface area contributed by atoms with Crippen LogP contribution in [0, 0.1) is 13.8 Å². The molecular weight excluding hydrogens is 256 g/mol. The van der Waals surface area contributed by atoms with Gasteiger partial charge in [0.2, 0.25) is 0 Å². The van der Waals surface area contributed by atoms with Crippen LogP contribution in [0.15, 0.2) is 36.4 Å². The lowest BCUT2D eigenvalue weighted by molar-refractivity contribution is -0.664. The van der Waals surface area contributed by atoms with Crippen molar-refractivity contribution < 1.29 is 4.57 Å². The lowest BCUT2D eigenvalue weighted by atomic mass is 10.0. The molecule has 1 aromatic heterocycles. The Morgan fingerprint density at radius 2 is 1.90 bits per heavy atom. The van der Waals surface area contributed by atoms with Gasteiger partial charge in [-0.15, -0.1) is 0 Å². The molecule has 0 aliphatic carbocycles. The fourth-order valence-electron chi connectivity index (χ4n) is 3.79. The number of imidazole rings is 1. The maximum absolute atomic E-state index is 2.52. The molecule has 1 aliphatic heterocycles. The summed E-state index contributed by atoms with van der Waals surface area (Å²) < 4.78 is 4.90. The zero-order valence-electron chi connectivity index (χ0n) is 13.0. The molecule has 0 atom stereocenters. The van der Waals surface area contributed by atoms with Crippen LogP contribution in [0.4, 0.5) is 0 Å². The van der Waals surface area contributed by atoms with Gasteiger partial charge < -0.3 is 0 Å². The lowest BCUT2D eigenvalue weighted by Gasteiger charge is -2.12. The van der Waals surface area contributed by atoms with Crippen molar-refractivity contribution in [2.24, 2.45) is 7.05 Å². The van der Waals surface area contributed by atoms with E-state index in [1.807, 2.05) is 0 Å². The normalized spacial score (nSPS) is 13.9. The number of benzene rings is 2. The molecule has 2 heterocycles. The van der Waals surface area contributed by atoms with E-state index in [0.717, 1.165) is 6.54 Å². The minimum absolute atomic E-state index is 1.12. The van der Waals surface area contributed by atoms with Gasteiger partial charge in [-0.1, -0.05) is 24.3 Å². The lowest BCUT2D eigenvalue weighted by Crippen LogP contribution is -2.39. The molecule has 106 valence electrons. The topological polar surface area (TPSA) is 8.81 Å². The number of nitrogens with zero attached hydrogens (tertiary/aromatic N) is 2. The van der Waals surface area contributed by atoms with Crippen molar-refractivity contribution in [1.29, 1.82) is 0 Å². The summed E-state index contributed by atoms with van der Waals surface area (Å²) in [6, 6.07) is 13.4. The van der Waals surface area contributed by atoms with E-state index in [1.54, 1.807) is 0 Å². The third kappa shape index (κ3) is 1.75. The summed E-state index contributed by atoms with van der Waals surface area (Å²) in [6.07, 6.45) is 2.44. The van der Waals surface area contributed by atoms with Crippen molar-refractivity contribution in [3.63, 3.8) is 0 Å². The maximum Gasteiger partial charge on any atom is 0.289 e. The predicted octanol–water partition coefficient (Wildman–Crippen LogP) is 3.70. The van der Waals surface area contributed by atoms with Crippen LogP contribution < -0.4 is 4.57 Å². The second-order valence-electron chi connectivity index (χ2n) is 6.24. The summed E-state index contributed by atoms with van der Waals surface area (Å²) in [4.78, 5) is 0. The summed E-state index contributed by atoms with van der Waals surface area (Å²) >= 11 is 0. The smallest absolute Gasteiger partial charge is 0.226 e. The van der Waals surface area contributed by atoms with E-state index in [2.05, 4.69) is 66.4 Å². The highest BCUT2D eigenvalue weighted by Crippen LogP contribution is 2.30. The standard InChI is InChI=1S/C19H21N2/c1-13-11-15-8-6-10-21-18(15)17(12-13)20(3)19(21)16-9-5-4-7-14(16)2/h4-5,7,9,11-12H,6,8,10H2,1-3H3/q+1. The van der Waals surface area contributed by atoms with Crippen molar-refractivity contribution in [3.05, 3.63) is 53.1 Å². The first-order valence-corrected chi connectivity index (χ1v) is 7.74. The van der Waals surface area contributed by atoms with E-state index in [0.29, 0.717) is 0 Å². The van der Waals surface area contributed by atoms with Crippen molar-refractivity contribution in [1.82, 2.24) is 4.57 Å². The Labute approximate surface area is 125 Å². The molecule has 0 radical (unpaired) electrons. The average molecular weight is 277 g/mol. The number of hydrogen-bond donors (Lipinski definition) is 0. The molecule has 2 heteroatoms. The van der Waals surface area contributed by atoms with Crippen molar-refractivity contribution in [2.75, 3.05) is 0 Å². The van der Waals surface area contributed by atoms with E-state index >= 15 is 0 Å². The summed E-state index contributed by atoms with van der Waals surface area (Å²) in [5.41, 5.74) is 8.36. The number of aryl methyl sites for hydroxylation is 5. The average Bonchev–Trinajstić information content (AvgIpc) is 2.74. The van der Waals surface area contributed by atoms with Gasteiger partial charge in [0.25, 0.3) is 5.82 Å². The molecule has 0 spiro atoms. The molecule has 0 bridgehead atoms. The monoisotopic (exact) mass is 277 g/mol. The van der Waals surface area contributed by atoms with E-state index in [9.17, 15) is 0 Å². The summed E-state index contributed by atoms with van der Waals surface area (Å²) in [6.45, 7) is 5.53. The van der Waals surface area contributed by atoms with Crippen LogP contribution in [0.2, 0.25) is 0 Å². The van der Waals surface area contributed by atoms with Crippen LogP contribution in [0.5, 0.6) is 0 Å². The molecule has 0 saturated carbocycles. The highest BCUT2D eigenvalue weighted by molar-refractivity contribution is 5.80. The molecule has 0 N–H and O–H groups in total. The molecule has 0 saturated heterocycles. The van der Waals surface area contributed by atoms with E-state index < -0.39 is 0 Å². The minimum atomic E-state index is 1.12. The molecule has 0 amide bonds. The van der Waals surface area contributed by atoms with Crippen LogP contribution in [-0.2, 0) is 20.0 Å². The molecule has 4 rings (SSSR count). The third-order valence-corrected chi connectivity index (χ3v) is 4.73.